The Balaban J connectivity index is 1.57. The van der Waals surface area contributed by atoms with Gasteiger partial charge in [0.05, 0.1) is 11.5 Å². The predicted molar refractivity (Wildman–Crippen MR) is 96.6 cm³/mol. The smallest absolute Gasteiger partial charge is 0.191 e. The topological polar surface area (TPSA) is 70.6 Å². The van der Waals surface area contributed by atoms with E-state index in [1.54, 1.807) is 0 Å². The second kappa shape index (κ2) is 6.81. The second-order valence-corrected chi connectivity index (χ2v) is 9.36. The van der Waals surface area contributed by atoms with Gasteiger partial charge in [-0.05, 0) is 37.5 Å². The summed E-state index contributed by atoms with van der Waals surface area (Å²) in [5.41, 5.74) is 1.32. The van der Waals surface area contributed by atoms with Gasteiger partial charge in [-0.3, -0.25) is 4.99 Å². The number of hydrogen-bond donors (Lipinski definition) is 2. The van der Waals surface area contributed by atoms with Gasteiger partial charge in [0.25, 0.3) is 0 Å². The number of nitrogens with zero attached hydrogens (tertiary/aromatic N) is 1. The van der Waals surface area contributed by atoms with Crippen LogP contribution in [0, 0.1) is 0 Å². The molecule has 2 fully saturated rings. The Morgan fingerprint density at radius 2 is 2.04 bits per heavy atom. The minimum absolute atomic E-state index is 0.0253. The largest absolute Gasteiger partial charge is 0.353 e. The third-order valence-electron chi connectivity index (χ3n) is 4.30. The van der Waals surface area contributed by atoms with Crippen LogP contribution in [-0.2, 0) is 9.84 Å². The summed E-state index contributed by atoms with van der Waals surface area (Å²) in [6.45, 7) is 2.65. The van der Waals surface area contributed by atoms with E-state index in [2.05, 4.69) is 55.8 Å². The Morgan fingerprint density at radius 1 is 1.30 bits per heavy atom. The van der Waals surface area contributed by atoms with Crippen LogP contribution < -0.4 is 10.6 Å². The molecule has 1 aromatic rings. The molecule has 1 saturated carbocycles. The lowest BCUT2D eigenvalue weighted by atomic mass is 10.1. The molecule has 0 radical (unpaired) electrons. The molecule has 1 aliphatic carbocycles. The quantitative estimate of drug-likeness (QED) is 0.600. The van der Waals surface area contributed by atoms with Gasteiger partial charge in [-0.2, -0.15) is 0 Å². The molecule has 1 aliphatic heterocycles. The summed E-state index contributed by atoms with van der Waals surface area (Å²) in [5, 5.41) is 6.72. The highest BCUT2D eigenvalue weighted by Crippen LogP contribution is 2.41. The Kier molecular flexibility index (Phi) is 4.96. The summed E-state index contributed by atoms with van der Waals surface area (Å²) in [6.07, 6.45) is 1.74. The lowest BCUT2D eigenvalue weighted by Gasteiger charge is -2.16. The van der Waals surface area contributed by atoms with Crippen LogP contribution in [0.15, 0.2) is 33.7 Å². The van der Waals surface area contributed by atoms with Crippen molar-refractivity contribution in [2.75, 3.05) is 18.1 Å². The minimum Gasteiger partial charge on any atom is -0.353 e. The van der Waals surface area contributed by atoms with E-state index in [1.807, 2.05) is 6.92 Å². The van der Waals surface area contributed by atoms with Gasteiger partial charge in [0, 0.05) is 29.0 Å². The van der Waals surface area contributed by atoms with Crippen molar-refractivity contribution in [1.82, 2.24) is 10.6 Å². The summed E-state index contributed by atoms with van der Waals surface area (Å²) < 4.78 is 24.2. The maximum absolute atomic E-state index is 11.6. The van der Waals surface area contributed by atoms with E-state index in [9.17, 15) is 8.42 Å². The zero-order chi connectivity index (χ0) is 16.4. The van der Waals surface area contributed by atoms with Crippen molar-refractivity contribution >= 4 is 31.7 Å². The zero-order valence-corrected chi connectivity index (χ0v) is 15.5. The van der Waals surface area contributed by atoms with Crippen LogP contribution in [-0.4, -0.2) is 44.5 Å². The molecule has 1 saturated heterocycles. The van der Waals surface area contributed by atoms with E-state index in [0.717, 1.165) is 16.9 Å². The molecule has 0 aromatic heterocycles. The standard InChI is InChI=1S/C16H22BrN3O2S/c1-2-18-16(19-13-7-8-23(21,22)10-13)20-15-9-14(15)11-3-5-12(17)6-4-11/h3-6,13-15H,2,7-10H2,1H3,(H2,18,19,20). The Labute approximate surface area is 146 Å². The van der Waals surface area contributed by atoms with Crippen LogP contribution in [0.3, 0.4) is 0 Å². The van der Waals surface area contributed by atoms with Gasteiger partial charge in [0.1, 0.15) is 0 Å². The molecular weight excluding hydrogens is 378 g/mol. The number of sulfone groups is 1. The number of halogens is 1. The van der Waals surface area contributed by atoms with E-state index in [1.165, 1.54) is 5.56 Å². The van der Waals surface area contributed by atoms with Crippen molar-refractivity contribution in [1.29, 1.82) is 0 Å². The molecule has 2 aliphatic rings. The molecule has 7 heteroatoms. The summed E-state index contributed by atoms with van der Waals surface area (Å²) in [7, 11) is -2.88. The highest BCUT2D eigenvalue weighted by molar-refractivity contribution is 9.10. The fraction of sp³-hybridized carbons (Fsp3) is 0.562. The molecule has 0 spiro atoms. The fourth-order valence-electron chi connectivity index (χ4n) is 3.00. The first-order valence-corrected chi connectivity index (χ1v) is 10.6. The van der Waals surface area contributed by atoms with Crippen molar-refractivity contribution in [3.63, 3.8) is 0 Å². The maximum Gasteiger partial charge on any atom is 0.191 e. The molecule has 3 atom stereocenters. The van der Waals surface area contributed by atoms with Crippen molar-refractivity contribution in [3.8, 4) is 0 Å². The summed E-state index contributed by atoms with van der Waals surface area (Å²) in [6, 6.07) is 8.75. The SMILES string of the molecule is CCN=C(NC1CCS(=O)(=O)C1)NC1CC1c1ccc(Br)cc1. The van der Waals surface area contributed by atoms with Gasteiger partial charge < -0.3 is 10.6 Å². The van der Waals surface area contributed by atoms with Crippen molar-refractivity contribution in [2.45, 2.75) is 37.8 Å². The highest BCUT2D eigenvalue weighted by Gasteiger charge is 2.39. The lowest BCUT2D eigenvalue weighted by molar-refractivity contribution is 0.599. The molecule has 2 N–H and O–H groups in total. The molecule has 0 amide bonds. The summed E-state index contributed by atoms with van der Waals surface area (Å²) >= 11 is 3.46. The van der Waals surface area contributed by atoms with Crippen LogP contribution in [0.5, 0.6) is 0 Å². The van der Waals surface area contributed by atoms with E-state index in [4.69, 9.17) is 0 Å². The van der Waals surface area contributed by atoms with E-state index < -0.39 is 9.84 Å². The van der Waals surface area contributed by atoms with Gasteiger partial charge in [-0.15, -0.1) is 0 Å². The molecule has 126 valence electrons. The number of guanidine groups is 1. The van der Waals surface area contributed by atoms with Gasteiger partial charge in [-0.1, -0.05) is 28.1 Å². The van der Waals surface area contributed by atoms with Crippen molar-refractivity contribution in [2.24, 2.45) is 4.99 Å². The molecule has 0 bridgehead atoms. The first kappa shape index (κ1) is 16.8. The molecule has 3 rings (SSSR count). The lowest BCUT2D eigenvalue weighted by Crippen LogP contribution is -2.45. The Morgan fingerprint density at radius 3 is 2.65 bits per heavy atom. The van der Waals surface area contributed by atoms with Crippen molar-refractivity contribution in [3.05, 3.63) is 34.3 Å². The monoisotopic (exact) mass is 399 g/mol. The number of aliphatic imine (C=N–C) groups is 1. The summed E-state index contributed by atoms with van der Waals surface area (Å²) in [5.74, 6) is 1.71. The third-order valence-corrected chi connectivity index (χ3v) is 6.60. The van der Waals surface area contributed by atoms with E-state index >= 15 is 0 Å². The predicted octanol–water partition coefficient (Wildman–Crippen LogP) is 2.05. The number of rotatable bonds is 4. The number of benzene rings is 1. The zero-order valence-electron chi connectivity index (χ0n) is 13.1. The average molecular weight is 400 g/mol. The van der Waals surface area contributed by atoms with Gasteiger partial charge in [0.2, 0.25) is 0 Å². The molecule has 3 unspecified atom stereocenters. The first-order chi connectivity index (χ1) is 11.0. The average Bonchev–Trinajstić information content (AvgIpc) is 3.16. The van der Waals surface area contributed by atoms with Gasteiger partial charge in [-0.25, -0.2) is 8.42 Å². The van der Waals surface area contributed by atoms with Crippen LogP contribution in [0.2, 0.25) is 0 Å². The van der Waals surface area contributed by atoms with Crippen LogP contribution in [0.1, 0.15) is 31.2 Å². The molecule has 1 heterocycles. The van der Waals surface area contributed by atoms with E-state index in [-0.39, 0.29) is 17.5 Å². The number of hydrogen-bond acceptors (Lipinski definition) is 3. The van der Waals surface area contributed by atoms with Gasteiger partial charge >= 0.3 is 0 Å². The normalized spacial score (nSPS) is 29.3. The van der Waals surface area contributed by atoms with Crippen molar-refractivity contribution < 1.29 is 8.42 Å². The highest BCUT2D eigenvalue weighted by atomic mass is 79.9. The third kappa shape index (κ3) is 4.47. The molecule has 23 heavy (non-hydrogen) atoms. The van der Waals surface area contributed by atoms with Crippen LogP contribution in [0.25, 0.3) is 0 Å². The van der Waals surface area contributed by atoms with Crippen LogP contribution in [0.4, 0.5) is 0 Å². The summed E-state index contributed by atoms with van der Waals surface area (Å²) in [4.78, 5) is 4.45. The molecule has 1 aromatic carbocycles. The fourth-order valence-corrected chi connectivity index (χ4v) is 4.94. The maximum atomic E-state index is 11.6. The minimum atomic E-state index is -2.88. The van der Waals surface area contributed by atoms with E-state index in [0.29, 0.717) is 24.9 Å². The Bertz CT molecular complexity index is 688. The first-order valence-electron chi connectivity index (χ1n) is 8.00. The Hall–Kier alpha value is -1.08. The molecule has 5 nitrogen and oxygen atoms in total. The van der Waals surface area contributed by atoms with Gasteiger partial charge in [0.15, 0.2) is 15.8 Å². The molecular formula is C16H22BrN3O2S. The number of nitrogens with one attached hydrogen (secondary N) is 2. The second-order valence-electron chi connectivity index (χ2n) is 6.21. The van der Waals surface area contributed by atoms with Crippen LogP contribution >= 0.6 is 15.9 Å².